The largest absolute Gasteiger partial charge is 0.351 e. The van der Waals surface area contributed by atoms with E-state index in [1.165, 1.54) is 6.42 Å². The van der Waals surface area contributed by atoms with Crippen LogP contribution in [-0.2, 0) is 0 Å². The van der Waals surface area contributed by atoms with Crippen molar-refractivity contribution < 1.29 is 0 Å². The lowest BCUT2D eigenvalue weighted by molar-refractivity contribution is 0.575. The molecule has 1 aliphatic carbocycles. The number of aryl methyl sites for hydroxylation is 2. The Labute approximate surface area is 139 Å². The standard InChI is InChI=1S/C15H20ClN5S/c1-8-14(22-9(2)19-8)13-12(16)7-18-15(21-13)20-11-5-4-10(6-11)17-3/h7,10-11,17H,4-6H2,1-3H3,(H,18,20,21). The molecule has 0 saturated heterocycles. The van der Waals surface area contributed by atoms with Gasteiger partial charge in [-0.15, -0.1) is 11.3 Å². The molecular formula is C15H20ClN5S. The average molecular weight is 338 g/mol. The van der Waals surface area contributed by atoms with Crippen molar-refractivity contribution in [2.24, 2.45) is 0 Å². The number of hydrogen-bond acceptors (Lipinski definition) is 6. The van der Waals surface area contributed by atoms with Crippen LogP contribution >= 0.6 is 22.9 Å². The van der Waals surface area contributed by atoms with Crippen LogP contribution in [0.5, 0.6) is 0 Å². The molecule has 0 bridgehead atoms. The molecule has 0 aliphatic heterocycles. The Balaban J connectivity index is 1.83. The van der Waals surface area contributed by atoms with Crippen molar-refractivity contribution in [1.29, 1.82) is 0 Å². The van der Waals surface area contributed by atoms with Gasteiger partial charge in [-0.05, 0) is 40.2 Å². The van der Waals surface area contributed by atoms with Crippen LogP contribution in [0.4, 0.5) is 5.95 Å². The molecule has 0 radical (unpaired) electrons. The fourth-order valence-electron chi connectivity index (χ4n) is 2.90. The van der Waals surface area contributed by atoms with Crippen molar-refractivity contribution in [2.45, 2.75) is 45.2 Å². The summed E-state index contributed by atoms with van der Waals surface area (Å²) in [6.07, 6.45) is 5.08. The van der Waals surface area contributed by atoms with E-state index in [2.05, 4.69) is 25.6 Å². The lowest BCUT2D eigenvalue weighted by Crippen LogP contribution is -2.25. The molecule has 1 saturated carbocycles. The molecule has 5 nitrogen and oxygen atoms in total. The summed E-state index contributed by atoms with van der Waals surface area (Å²) in [5.41, 5.74) is 1.73. The minimum absolute atomic E-state index is 0.413. The third-order valence-corrected chi connectivity index (χ3v) is 5.39. The van der Waals surface area contributed by atoms with Crippen molar-refractivity contribution in [2.75, 3.05) is 12.4 Å². The normalized spacial score (nSPS) is 21.3. The zero-order valence-electron chi connectivity index (χ0n) is 13.0. The summed E-state index contributed by atoms with van der Waals surface area (Å²) in [5, 5.41) is 8.34. The quantitative estimate of drug-likeness (QED) is 0.895. The van der Waals surface area contributed by atoms with Crippen molar-refractivity contribution >= 4 is 28.9 Å². The molecule has 0 aromatic carbocycles. The molecule has 1 fully saturated rings. The SMILES string of the molecule is CNC1CCC(Nc2ncc(Cl)c(-c3sc(C)nc3C)n2)C1. The van der Waals surface area contributed by atoms with Crippen molar-refractivity contribution in [3.63, 3.8) is 0 Å². The summed E-state index contributed by atoms with van der Waals surface area (Å²) >= 11 is 7.90. The van der Waals surface area contributed by atoms with Crippen LogP contribution in [0.15, 0.2) is 6.20 Å². The van der Waals surface area contributed by atoms with E-state index in [0.717, 1.165) is 34.1 Å². The number of anilines is 1. The van der Waals surface area contributed by atoms with Crippen LogP contribution in [0.3, 0.4) is 0 Å². The Bertz CT molecular complexity index is 672. The monoisotopic (exact) mass is 337 g/mol. The highest BCUT2D eigenvalue weighted by Crippen LogP contribution is 2.33. The second kappa shape index (κ2) is 6.48. The molecular weight excluding hydrogens is 318 g/mol. The molecule has 0 spiro atoms. The third kappa shape index (κ3) is 3.24. The zero-order chi connectivity index (χ0) is 15.7. The Morgan fingerprint density at radius 2 is 2.00 bits per heavy atom. The van der Waals surface area contributed by atoms with Crippen LogP contribution in [0, 0.1) is 13.8 Å². The summed E-state index contributed by atoms with van der Waals surface area (Å²) in [6.45, 7) is 3.98. The van der Waals surface area contributed by atoms with Gasteiger partial charge in [0.1, 0.15) is 5.69 Å². The fourth-order valence-corrected chi connectivity index (χ4v) is 4.07. The lowest BCUT2D eigenvalue weighted by atomic mass is 10.2. The van der Waals surface area contributed by atoms with Crippen molar-refractivity contribution in [1.82, 2.24) is 20.3 Å². The van der Waals surface area contributed by atoms with Crippen LogP contribution in [0.2, 0.25) is 5.02 Å². The molecule has 2 N–H and O–H groups in total. The van der Waals surface area contributed by atoms with E-state index in [1.54, 1.807) is 17.5 Å². The summed E-state index contributed by atoms with van der Waals surface area (Å²) in [4.78, 5) is 14.4. The van der Waals surface area contributed by atoms with Gasteiger partial charge in [-0.25, -0.2) is 15.0 Å². The smallest absolute Gasteiger partial charge is 0.223 e. The van der Waals surface area contributed by atoms with Gasteiger partial charge in [0.15, 0.2) is 0 Å². The highest BCUT2D eigenvalue weighted by atomic mass is 35.5. The molecule has 0 amide bonds. The number of hydrogen-bond donors (Lipinski definition) is 2. The predicted octanol–water partition coefficient (Wildman–Crippen LogP) is 3.42. The summed E-state index contributed by atoms with van der Waals surface area (Å²) in [6, 6.07) is 0.992. The topological polar surface area (TPSA) is 62.7 Å². The molecule has 3 rings (SSSR count). The number of thiazole rings is 1. The Kier molecular flexibility index (Phi) is 4.61. The number of nitrogens with zero attached hydrogens (tertiary/aromatic N) is 3. The second-order valence-electron chi connectivity index (χ2n) is 5.68. The number of halogens is 1. The first-order valence-electron chi connectivity index (χ1n) is 7.47. The predicted molar refractivity (Wildman–Crippen MR) is 91.7 cm³/mol. The van der Waals surface area contributed by atoms with Crippen molar-refractivity contribution in [3.05, 3.63) is 21.9 Å². The maximum Gasteiger partial charge on any atom is 0.223 e. The molecule has 2 aromatic heterocycles. The van der Waals surface area contributed by atoms with E-state index in [1.807, 2.05) is 20.9 Å². The van der Waals surface area contributed by atoms with E-state index in [-0.39, 0.29) is 0 Å². The van der Waals surface area contributed by atoms with Gasteiger partial charge in [0.05, 0.1) is 26.8 Å². The van der Waals surface area contributed by atoms with Gasteiger partial charge in [0, 0.05) is 12.1 Å². The van der Waals surface area contributed by atoms with E-state index in [0.29, 0.717) is 23.1 Å². The van der Waals surface area contributed by atoms with Gasteiger partial charge in [-0.1, -0.05) is 11.6 Å². The Morgan fingerprint density at radius 3 is 2.64 bits per heavy atom. The molecule has 7 heteroatoms. The number of aromatic nitrogens is 3. The maximum atomic E-state index is 6.29. The zero-order valence-corrected chi connectivity index (χ0v) is 14.6. The molecule has 2 heterocycles. The molecule has 2 unspecified atom stereocenters. The minimum Gasteiger partial charge on any atom is -0.351 e. The lowest BCUT2D eigenvalue weighted by Gasteiger charge is -2.14. The van der Waals surface area contributed by atoms with Crippen LogP contribution in [-0.4, -0.2) is 34.1 Å². The molecule has 2 aromatic rings. The Morgan fingerprint density at radius 1 is 1.23 bits per heavy atom. The summed E-state index contributed by atoms with van der Waals surface area (Å²) < 4.78 is 0. The minimum atomic E-state index is 0.413. The van der Waals surface area contributed by atoms with E-state index in [4.69, 9.17) is 11.6 Å². The summed E-state index contributed by atoms with van der Waals surface area (Å²) in [7, 11) is 2.01. The van der Waals surface area contributed by atoms with Gasteiger partial charge >= 0.3 is 0 Å². The second-order valence-corrected chi connectivity index (χ2v) is 7.29. The van der Waals surface area contributed by atoms with Crippen molar-refractivity contribution in [3.8, 4) is 10.6 Å². The molecule has 118 valence electrons. The van der Waals surface area contributed by atoms with Gasteiger partial charge in [-0.2, -0.15) is 0 Å². The first-order valence-corrected chi connectivity index (χ1v) is 8.67. The highest BCUT2D eigenvalue weighted by Gasteiger charge is 2.24. The number of nitrogens with one attached hydrogen (secondary N) is 2. The third-order valence-electron chi connectivity index (χ3n) is 4.04. The first kappa shape index (κ1) is 15.6. The maximum absolute atomic E-state index is 6.29. The van der Waals surface area contributed by atoms with Crippen LogP contribution in [0.25, 0.3) is 10.6 Å². The van der Waals surface area contributed by atoms with Crippen LogP contribution < -0.4 is 10.6 Å². The van der Waals surface area contributed by atoms with Gasteiger partial charge in [0.25, 0.3) is 0 Å². The van der Waals surface area contributed by atoms with Gasteiger partial charge in [-0.3, -0.25) is 0 Å². The van der Waals surface area contributed by atoms with Gasteiger partial charge in [0.2, 0.25) is 5.95 Å². The molecule has 1 aliphatic rings. The molecule has 22 heavy (non-hydrogen) atoms. The molecule has 2 atom stereocenters. The summed E-state index contributed by atoms with van der Waals surface area (Å²) in [5.74, 6) is 0.645. The fraction of sp³-hybridized carbons (Fsp3) is 0.533. The highest BCUT2D eigenvalue weighted by molar-refractivity contribution is 7.15. The Hall–Kier alpha value is -1.24. The first-order chi connectivity index (χ1) is 10.6. The van der Waals surface area contributed by atoms with Gasteiger partial charge < -0.3 is 10.6 Å². The average Bonchev–Trinajstić information content (AvgIpc) is 3.07. The van der Waals surface area contributed by atoms with Crippen LogP contribution in [0.1, 0.15) is 30.0 Å². The number of rotatable bonds is 4. The van der Waals surface area contributed by atoms with E-state index in [9.17, 15) is 0 Å². The van der Waals surface area contributed by atoms with E-state index < -0.39 is 0 Å². The van der Waals surface area contributed by atoms with E-state index >= 15 is 0 Å².